The summed E-state index contributed by atoms with van der Waals surface area (Å²) >= 11 is 0. The Balaban J connectivity index is 1.82. The van der Waals surface area contributed by atoms with E-state index in [-0.39, 0.29) is 18.2 Å². The monoisotopic (exact) mass is 342 g/mol. The molecule has 1 N–H and O–H groups in total. The number of sulfonamides is 1. The molecule has 7 nitrogen and oxygen atoms in total. The van der Waals surface area contributed by atoms with Gasteiger partial charge in [0.25, 0.3) is 0 Å². The minimum absolute atomic E-state index is 0.109. The molecule has 2 aliphatic rings. The second kappa shape index (κ2) is 7.60. The minimum atomic E-state index is -3.15. The Kier molecular flexibility index (Phi) is 6.00. The SMILES string of the molecule is CCS(=O)(=O)N1CCN(CC(=O)NC2(C#N)CCCCC2)CC1. The molecule has 1 amide bonds. The zero-order valence-corrected chi connectivity index (χ0v) is 14.6. The van der Waals surface area contributed by atoms with Gasteiger partial charge in [-0.05, 0) is 19.8 Å². The van der Waals surface area contributed by atoms with E-state index in [0.717, 1.165) is 32.1 Å². The van der Waals surface area contributed by atoms with Crippen LogP contribution in [0, 0.1) is 11.3 Å². The number of carbonyl (C=O) groups is 1. The van der Waals surface area contributed by atoms with E-state index in [1.165, 1.54) is 4.31 Å². The Morgan fingerprint density at radius 2 is 1.78 bits per heavy atom. The Hall–Kier alpha value is -1.17. The third kappa shape index (κ3) is 4.66. The molecule has 0 atom stereocenters. The van der Waals surface area contributed by atoms with Crippen LogP contribution in [0.2, 0.25) is 0 Å². The lowest BCUT2D eigenvalue weighted by atomic mass is 9.83. The summed E-state index contributed by atoms with van der Waals surface area (Å²) in [6, 6.07) is 2.28. The Morgan fingerprint density at radius 3 is 2.30 bits per heavy atom. The van der Waals surface area contributed by atoms with E-state index in [9.17, 15) is 18.5 Å². The van der Waals surface area contributed by atoms with Crippen molar-refractivity contribution in [1.29, 1.82) is 5.26 Å². The van der Waals surface area contributed by atoms with Gasteiger partial charge in [-0.15, -0.1) is 0 Å². The summed E-state index contributed by atoms with van der Waals surface area (Å²) in [5.41, 5.74) is -0.706. The summed E-state index contributed by atoms with van der Waals surface area (Å²) in [5.74, 6) is -0.0294. The first-order chi connectivity index (χ1) is 10.9. The maximum Gasteiger partial charge on any atom is 0.235 e. The molecule has 2 fully saturated rings. The predicted molar refractivity (Wildman–Crippen MR) is 87.0 cm³/mol. The van der Waals surface area contributed by atoms with E-state index in [1.807, 2.05) is 4.90 Å². The summed E-state index contributed by atoms with van der Waals surface area (Å²) in [4.78, 5) is 14.2. The van der Waals surface area contributed by atoms with Crippen molar-refractivity contribution >= 4 is 15.9 Å². The van der Waals surface area contributed by atoms with E-state index in [0.29, 0.717) is 26.2 Å². The first kappa shape index (κ1) is 18.2. The number of nitrogens with zero attached hydrogens (tertiary/aromatic N) is 3. The number of hydrogen-bond acceptors (Lipinski definition) is 5. The van der Waals surface area contributed by atoms with Gasteiger partial charge >= 0.3 is 0 Å². The number of nitrogens with one attached hydrogen (secondary N) is 1. The average Bonchev–Trinajstić information content (AvgIpc) is 2.56. The molecule has 0 aromatic heterocycles. The van der Waals surface area contributed by atoms with Crippen LogP contribution in [0.25, 0.3) is 0 Å². The summed E-state index contributed by atoms with van der Waals surface area (Å²) in [5, 5.41) is 12.3. The minimum Gasteiger partial charge on any atom is -0.337 e. The molecule has 0 radical (unpaired) electrons. The molecule has 1 saturated carbocycles. The van der Waals surface area contributed by atoms with Crippen LogP contribution in [0.3, 0.4) is 0 Å². The molecular weight excluding hydrogens is 316 g/mol. The van der Waals surface area contributed by atoms with E-state index < -0.39 is 15.6 Å². The highest BCUT2D eigenvalue weighted by atomic mass is 32.2. The van der Waals surface area contributed by atoms with Crippen LogP contribution in [0.1, 0.15) is 39.0 Å². The molecular formula is C15H26N4O3S. The number of piperazine rings is 1. The number of hydrogen-bond donors (Lipinski definition) is 1. The smallest absolute Gasteiger partial charge is 0.235 e. The number of amides is 1. The first-order valence-corrected chi connectivity index (χ1v) is 9.94. The maximum atomic E-state index is 12.2. The van der Waals surface area contributed by atoms with E-state index in [2.05, 4.69) is 11.4 Å². The summed E-state index contributed by atoms with van der Waals surface area (Å²) in [7, 11) is -3.15. The van der Waals surface area contributed by atoms with E-state index >= 15 is 0 Å². The normalized spacial score (nSPS) is 23.1. The lowest BCUT2D eigenvalue weighted by molar-refractivity contribution is -0.124. The zero-order valence-electron chi connectivity index (χ0n) is 13.8. The van der Waals surface area contributed by atoms with Crippen LogP contribution in [0.4, 0.5) is 0 Å². The van der Waals surface area contributed by atoms with Gasteiger partial charge in [-0.25, -0.2) is 8.42 Å². The summed E-state index contributed by atoms with van der Waals surface area (Å²) < 4.78 is 25.1. The van der Waals surface area contributed by atoms with Crippen molar-refractivity contribution in [3.05, 3.63) is 0 Å². The largest absolute Gasteiger partial charge is 0.337 e. The van der Waals surface area contributed by atoms with E-state index in [1.54, 1.807) is 6.92 Å². The van der Waals surface area contributed by atoms with Gasteiger partial charge in [0.05, 0.1) is 18.4 Å². The fourth-order valence-electron chi connectivity index (χ4n) is 3.28. The zero-order chi connectivity index (χ0) is 16.9. The highest BCUT2D eigenvalue weighted by Crippen LogP contribution is 2.27. The molecule has 8 heteroatoms. The van der Waals surface area contributed by atoms with Crippen molar-refractivity contribution in [1.82, 2.24) is 14.5 Å². The average molecular weight is 342 g/mol. The third-order valence-electron chi connectivity index (χ3n) is 4.76. The van der Waals surface area contributed by atoms with Gasteiger partial charge in [-0.3, -0.25) is 9.69 Å². The molecule has 1 saturated heterocycles. The predicted octanol–water partition coefficient (Wildman–Crippen LogP) is 0.296. The molecule has 0 unspecified atom stereocenters. The van der Waals surface area contributed by atoms with Crippen molar-refractivity contribution in [2.75, 3.05) is 38.5 Å². The maximum absolute atomic E-state index is 12.2. The van der Waals surface area contributed by atoms with E-state index in [4.69, 9.17) is 0 Å². The molecule has 1 aliphatic carbocycles. The third-order valence-corrected chi connectivity index (χ3v) is 6.64. The fourth-order valence-corrected chi connectivity index (χ4v) is 4.36. The fraction of sp³-hybridized carbons (Fsp3) is 0.867. The Morgan fingerprint density at radius 1 is 1.17 bits per heavy atom. The highest BCUT2D eigenvalue weighted by Gasteiger charge is 2.34. The highest BCUT2D eigenvalue weighted by molar-refractivity contribution is 7.89. The van der Waals surface area contributed by atoms with Gasteiger partial charge in [0, 0.05) is 26.2 Å². The van der Waals surface area contributed by atoms with Crippen molar-refractivity contribution in [2.24, 2.45) is 0 Å². The second-order valence-electron chi connectivity index (χ2n) is 6.38. The van der Waals surface area contributed by atoms with Crippen molar-refractivity contribution in [2.45, 2.75) is 44.6 Å². The molecule has 2 rings (SSSR count). The molecule has 1 heterocycles. The standard InChI is InChI=1S/C15H26N4O3S/c1-2-23(21,22)19-10-8-18(9-11-19)12-14(20)17-15(13-16)6-4-3-5-7-15/h2-12H2,1H3,(H,17,20). The lowest BCUT2D eigenvalue weighted by Crippen LogP contribution is -2.55. The van der Waals surface area contributed by atoms with Gasteiger partial charge in [0.2, 0.25) is 15.9 Å². The molecule has 0 spiro atoms. The number of carbonyl (C=O) groups excluding carboxylic acids is 1. The summed E-state index contributed by atoms with van der Waals surface area (Å²) in [6.07, 6.45) is 4.51. The van der Waals surface area contributed by atoms with Crippen LogP contribution in [-0.4, -0.2) is 67.5 Å². The van der Waals surface area contributed by atoms with Crippen molar-refractivity contribution in [3.8, 4) is 6.07 Å². The molecule has 0 aromatic carbocycles. The van der Waals surface area contributed by atoms with Crippen LogP contribution >= 0.6 is 0 Å². The summed E-state index contributed by atoms with van der Waals surface area (Å²) in [6.45, 7) is 3.81. The molecule has 23 heavy (non-hydrogen) atoms. The number of rotatable bonds is 5. The van der Waals surface area contributed by atoms with Gasteiger partial charge < -0.3 is 5.32 Å². The topological polar surface area (TPSA) is 93.5 Å². The van der Waals surface area contributed by atoms with Crippen LogP contribution in [0.15, 0.2) is 0 Å². The van der Waals surface area contributed by atoms with Gasteiger partial charge in [-0.2, -0.15) is 9.57 Å². The lowest BCUT2D eigenvalue weighted by Gasteiger charge is -2.35. The van der Waals surface area contributed by atoms with Crippen LogP contribution in [0.5, 0.6) is 0 Å². The van der Waals surface area contributed by atoms with Crippen molar-refractivity contribution in [3.63, 3.8) is 0 Å². The van der Waals surface area contributed by atoms with Crippen LogP contribution in [-0.2, 0) is 14.8 Å². The first-order valence-electron chi connectivity index (χ1n) is 8.33. The quantitative estimate of drug-likeness (QED) is 0.775. The van der Waals surface area contributed by atoms with Gasteiger partial charge in [-0.1, -0.05) is 19.3 Å². The molecule has 0 bridgehead atoms. The molecule has 0 aromatic rings. The Labute approximate surface area is 138 Å². The van der Waals surface area contributed by atoms with Crippen LogP contribution < -0.4 is 5.32 Å². The Bertz CT molecular complexity index is 556. The second-order valence-corrected chi connectivity index (χ2v) is 8.64. The van der Waals surface area contributed by atoms with Gasteiger partial charge in [0.15, 0.2) is 0 Å². The molecule has 130 valence electrons. The van der Waals surface area contributed by atoms with Gasteiger partial charge in [0.1, 0.15) is 5.54 Å². The number of nitriles is 1. The van der Waals surface area contributed by atoms with Crippen molar-refractivity contribution < 1.29 is 13.2 Å². The molecule has 1 aliphatic heterocycles.